The van der Waals surface area contributed by atoms with Gasteiger partial charge in [0.15, 0.2) is 5.82 Å². The smallest absolute Gasteiger partial charge is 0.409 e. The summed E-state index contributed by atoms with van der Waals surface area (Å²) in [5.74, 6) is 0.837. The van der Waals surface area contributed by atoms with Crippen LogP contribution in [-0.4, -0.2) is 54.0 Å². The summed E-state index contributed by atoms with van der Waals surface area (Å²) in [4.78, 5) is 15.6. The maximum atomic E-state index is 11.7. The molecule has 1 fully saturated rings. The van der Waals surface area contributed by atoms with Crippen LogP contribution in [0.5, 0.6) is 0 Å². The lowest BCUT2D eigenvalue weighted by atomic mass is 10.1. The van der Waals surface area contributed by atoms with Gasteiger partial charge in [0, 0.05) is 38.3 Å². The van der Waals surface area contributed by atoms with E-state index >= 15 is 0 Å². The molecule has 0 spiro atoms. The topological polar surface area (TPSA) is 84.6 Å². The lowest BCUT2D eigenvalue weighted by Gasteiger charge is -2.35. The van der Waals surface area contributed by atoms with Crippen molar-refractivity contribution in [3.8, 4) is 0 Å². The molecular formula is C14H23N5O2. The summed E-state index contributed by atoms with van der Waals surface area (Å²) in [7, 11) is 0. The fraction of sp³-hybridized carbons (Fsp3) is 0.643. The summed E-state index contributed by atoms with van der Waals surface area (Å²) in [5, 5.41) is 8.49. The Labute approximate surface area is 125 Å². The molecule has 2 heterocycles. The molecule has 1 aliphatic heterocycles. The van der Waals surface area contributed by atoms with Crippen LogP contribution in [0.15, 0.2) is 0 Å². The van der Waals surface area contributed by atoms with E-state index in [1.165, 1.54) is 0 Å². The molecule has 2 N–H and O–H groups in total. The van der Waals surface area contributed by atoms with Crippen molar-refractivity contribution in [1.82, 2.24) is 15.1 Å². The van der Waals surface area contributed by atoms with Gasteiger partial charge in [-0.1, -0.05) is 0 Å². The molecule has 1 aromatic rings. The highest BCUT2D eigenvalue weighted by Crippen LogP contribution is 2.22. The van der Waals surface area contributed by atoms with Crippen LogP contribution in [0.4, 0.5) is 10.6 Å². The number of hydrogen-bond acceptors (Lipinski definition) is 6. The lowest BCUT2D eigenvalue weighted by Crippen LogP contribution is -2.49. The Kier molecular flexibility index (Phi) is 4.95. The van der Waals surface area contributed by atoms with Crippen molar-refractivity contribution in [1.29, 1.82) is 0 Å². The summed E-state index contributed by atoms with van der Waals surface area (Å²) in [6, 6.07) is 0. The minimum atomic E-state index is -0.248. The van der Waals surface area contributed by atoms with Gasteiger partial charge in [-0.15, -0.1) is 5.10 Å². The zero-order chi connectivity index (χ0) is 15.4. The van der Waals surface area contributed by atoms with Crippen molar-refractivity contribution in [2.75, 3.05) is 37.7 Å². The van der Waals surface area contributed by atoms with Crippen molar-refractivity contribution < 1.29 is 9.53 Å². The molecule has 0 bridgehead atoms. The minimum absolute atomic E-state index is 0.248. The predicted molar refractivity (Wildman–Crippen MR) is 80.2 cm³/mol. The van der Waals surface area contributed by atoms with E-state index in [0.29, 0.717) is 39.3 Å². The first-order valence-corrected chi connectivity index (χ1v) is 7.28. The second kappa shape index (κ2) is 6.71. The average molecular weight is 293 g/mol. The van der Waals surface area contributed by atoms with Gasteiger partial charge in [0.1, 0.15) is 0 Å². The first-order chi connectivity index (χ1) is 10.1. The summed E-state index contributed by atoms with van der Waals surface area (Å²) >= 11 is 0. The maximum absolute atomic E-state index is 11.7. The Hall–Kier alpha value is -1.89. The molecule has 0 atom stereocenters. The summed E-state index contributed by atoms with van der Waals surface area (Å²) in [6.07, 6.45) is -0.248. The fourth-order valence-electron chi connectivity index (χ4n) is 2.46. The SMILES string of the molecule is CCOC(=O)N1CCN(c2nnc(C)c(C)c2CN)CC1. The van der Waals surface area contributed by atoms with Crippen LogP contribution in [0.1, 0.15) is 23.7 Å². The second-order valence-corrected chi connectivity index (χ2v) is 5.09. The van der Waals surface area contributed by atoms with E-state index < -0.39 is 0 Å². The summed E-state index contributed by atoms with van der Waals surface area (Å²) in [5.41, 5.74) is 8.90. The quantitative estimate of drug-likeness (QED) is 0.888. The monoisotopic (exact) mass is 293 g/mol. The maximum Gasteiger partial charge on any atom is 0.409 e. The summed E-state index contributed by atoms with van der Waals surface area (Å²) < 4.78 is 5.02. The molecule has 1 aliphatic rings. The molecule has 0 saturated carbocycles. The van der Waals surface area contributed by atoms with Gasteiger partial charge >= 0.3 is 6.09 Å². The van der Waals surface area contributed by atoms with Crippen molar-refractivity contribution in [3.63, 3.8) is 0 Å². The second-order valence-electron chi connectivity index (χ2n) is 5.09. The van der Waals surface area contributed by atoms with Crippen LogP contribution in [0, 0.1) is 13.8 Å². The third-order valence-corrected chi connectivity index (χ3v) is 3.87. The minimum Gasteiger partial charge on any atom is -0.450 e. The molecule has 1 amide bonds. The zero-order valence-corrected chi connectivity index (χ0v) is 12.9. The highest BCUT2D eigenvalue weighted by Gasteiger charge is 2.24. The Bertz CT molecular complexity index is 512. The van der Waals surface area contributed by atoms with Crippen LogP contribution in [0.25, 0.3) is 0 Å². The van der Waals surface area contributed by atoms with Crippen LogP contribution in [0.2, 0.25) is 0 Å². The van der Waals surface area contributed by atoms with E-state index in [0.717, 1.165) is 22.6 Å². The average Bonchev–Trinajstić information content (AvgIpc) is 2.50. The van der Waals surface area contributed by atoms with Crippen LogP contribution >= 0.6 is 0 Å². The highest BCUT2D eigenvalue weighted by molar-refractivity contribution is 5.68. The van der Waals surface area contributed by atoms with Crippen molar-refractivity contribution in [2.45, 2.75) is 27.3 Å². The molecule has 7 nitrogen and oxygen atoms in total. The van der Waals surface area contributed by atoms with Gasteiger partial charge in [-0.2, -0.15) is 5.10 Å². The number of aryl methyl sites for hydroxylation is 1. The number of hydrogen-bond donors (Lipinski definition) is 1. The molecule has 0 unspecified atom stereocenters. The molecule has 2 rings (SSSR count). The molecule has 0 aromatic carbocycles. The van der Waals surface area contributed by atoms with Gasteiger partial charge in [-0.25, -0.2) is 4.79 Å². The third-order valence-electron chi connectivity index (χ3n) is 3.87. The number of ether oxygens (including phenoxy) is 1. The number of rotatable bonds is 3. The van der Waals surface area contributed by atoms with Crippen LogP contribution in [-0.2, 0) is 11.3 Å². The van der Waals surface area contributed by atoms with Crippen LogP contribution < -0.4 is 10.6 Å². The van der Waals surface area contributed by atoms with E-state index in [1.807, 2.05) is 20.8 Å². The molecule has 1 aromatic heterocycles. The molecule has 0 radical (unpaired) electrons. The number of carbonyl (C=O) groups excluding carboxylic acids is 1. The number of piperazine rings is 1. The number of nitrogens with two attached hydrogens (primary N) is 1. The van der Waals surface area contributed by atoms with Gasteiger partial charge in [0.25, 0.3) is 0 Å². The van der Waals surface area contributed by atoms with Gasteiger partial charge in [-0.05, 0) is 26.3 Å². The molecule has 7 heteroatoms. The Morgan fingerprint density at radius 1 is 1.24 bits per heavy atom. The standard InChI is InChI=1S/C14H23N5O2/c1-4-21-14(20)19-7-5-18(6-8-19)13-12(9-15)10(2)11(3)16-17-13/h4-9,15H2,1-3H3. The predicted octanol–water partition coefficient (Wildman–Crippen LogP) is 0.831. The number of anilines is 1. The normalized spacial score (nSPS) is 15.2. The number of carbonyl (C=O) groups is 1. The van der Waals surface area contributed by atoms with Crippen molar-refractivity contribution in [3.05, 3.63) is 16.8 Å². The van der Waals surface area contributed by atoms with E-state index in [2.05, 4.69) is 15.1 Å². The first kappa shape index (κ1) is 15.5. The molecule has 1 saturated heterocycles. The summed E-state index contributed by atoms with van der Waals surface area (Å²) in [6.45, 7) is 9.27. The number of amides is 1. The lowest BCUT2D eigenvalue weighted by molar-refractivity contribution is 0.105. The number of aromatic nitrogens is 2. The largest absolute Gasteiger partial charge is 0.450 e. The Morgan fingerprint density at radius 2 is 1.90 bits per heavy atom. The Balaban J connectivity index is 2.09. The Morgan fingerprint density at radius 3 is 2.48 bits per heavy atom. The zero-order valence-electron chi connectivity index (χ0n) is 12.9. The highest BCUT2D eigenvalue weighted by atomic mass is 16.6. The molecule has 0 aliphatic carbocycles. The van der Waals surface area contributed by atoms with Gasteiger partial charge < -0.3 is 20.3 Å². The molecule has 21 heavy (non-hydrogen) atoms. The van der Waals surface area contributed by atoms with Gasteiger partial charge in [0.2, 0.25) is 0 Å². The third kappa shape index (κ3) is 3.24. The molecular weight excluding hydrogens is 270 g/mol. The van der Waals surface area contributed by atoms with Crippen molar-refractivity contribution in [2.24, 2.45) is 5.73 Å². The first-order valence-electron chi connectivity index (χ1n) is 7.28. The number of nitrogens with zero attached hydrogens (tertiary/aromatic N) is 4. The van der Waals surface area contributed by atoms with Crippen molar-refractivity contribution >= 4 is 11.9 Å². The fourth-order valence-corrected chi connectivity index (χ4v) is 2.46. The van der Waals surface area contributed by atoms with E-state index in [9.17, 15) is 4.79 Å². The molecule has 116 valence electrons. The van der Waals surface area contributed by atoms with Gasteiger partial charge in [0.05, 0.1) is 12.3 Å². The van der Waals surface area contributed by atoms with E-state index in [4.69, 9.17) is 10.5 Å². The van der Waals surface area contributed by atoms with Gasteiger partial charge in [-0.3, -0.25) is 0 Å². The van der Waals surface area contributed by atoms with E-state index in [-0.39, 0.29) is 6.09 Å². The van der Waals surface area contributed by atoms with E-state index in [1.54, 1.807) is 4.90 Å². The van der Waals surface area contributed by atoms with Crippen LogP contribution in [0.3, 0.4) is 0 Å².